The molecule has 0 spiro atoms. The van der Waals surface area contributed by atoms with Crippen LogP contribution in [-0.2, 0) is 23.8 Å². The van der Waals surface area contributed by atoms with E-state index < -0.39 is 17.5 Å². The van der Waals surface area contributed by atoms with E-state index in [1.54, 1.807) is 32.2 Å². The van der Waals surface area contributed by atoms with Crippen molar-refractivity contribution in [1.82, 2.24) is 19.9 Å². The molecule has 3 N–H and O–H groups in total. The first kappa shape index (κ1) is 24.6. The molecule has 0 saturated carbocycles. The number of nitrogens with one attached hydrogen (secondary N) is 1. The fraction of sp³-hybridized carbons (Fsp3) is 0.476. The number of esters is 2. The molecule has 1 aliphatic rings. The highest BCUT2D eigenvalue weighted by Gasteiger charge is 2.25. The van der Waals surface area contributed by atoms with Gasteiger partial charge in [-0.2, -0.15) is 5.10 Å². The quantitative estimate of drug-likeness (QED) is 0.532. The van der Waals surface area contributed by atoms with Gasteiger partial charge in [-0.15, -0.1) is 0 Å². The molecular formula is C21H29N5O6. The summed E-state index contributed by atoms with van der Waals surface area (Å²) in [5.74, 6) is 0.381. The Morgan fingerprint density at radius 1 is 1.31 bits per heavy atom. The Hall–Kier alpha value is -3.63. The molecule has 1 unspecified atom stereocenters. The Morgan fingerprint density at radius 2 is 2.03 bits per heavy atom. The van der Waals surface area contributed by atoms with Crippen molar-refractivity contribution in [2.24, 2.45) is 5.41 Å². The van der Waals surface area contributed by atoms with E-state index in [1.165, 1.54) is 13.4 Å². The van der Waals surface area contributed by atoms with E-state index in [1.807, 2.05) is 18.2 Å². The van der Waals surface area contributed by atoms with Crippen LogP contribution in [0.5, 0.6) is 0 Å². The predicted octanol–water partition coefficient (Wildman–Crippen LogP) is 2.31. The van der Waals surface area contributed by atoms with Gasteiger partial charge in [0.1, 0.15) is 36.0 Å². The first-order valence-electron chi connectivity index (χ1n) is 10.1. The van der Waals surface area contributed by atoms with Gasteiger partial charge in [0.05, 0.1) is 5.41 Å². The molecule has 3 heterocycles. The minimum Gasteiger partial charge on any atom is -0.485 e. The number of nitrogen functional groups attached to an aromatic ring is 1. The standard InChI is InChI=1S/C14H16N4O3.C7H13NO3/c1-2-13(19)20-7-9-3-6-12(21-9)10-4-5-11-14(15)16-8-17-18(10)11;1-7(2,3)5(9)11-6(10)8-4/h4-6,8-9H,2-3,7H2,1H3,(H2,15,16,17);1-4H3,(H,8,10). The van der Waals surface area contributed by atoms with Crippen LogP contribution in [0.2, 0.25) is 0 Å². The highest BCUT2D eigenvalue weighted by atomic mass is 16.6. The normalized spacial score (nSPS) is 15.2. The van der Waals surface area contributed by atoms with E-state index >= 15 is 0 Å². The summed E-state index contributed by atoms with van der Waals surface area (Å²) in [5, 5.41) is 6.36. The molecule has 0 radical (unpaired) electrons. The van der Waals surface area contributed by atoms with Crippen molar-refractivity contribution in [3.8, 4) is 0 Å². The van der Waals surface area contributed by atoms with E-state index in [0.717, 1.165) is 11.2 Å². The summed E-state index contributed by atoms with van der Waals surface area (Å²) in [6.45, 7) is 7.06. The predicted molar refractivity (Wildman–Crippen MR) is 116 cm³/mol. The lowest BCUT2D eigenvalue weighted by Gasteiger charge is -2.14. The number of rotatable bonds is 4. The van der Waals surface area contributed by atoms with E-state index in [4.69, 9.17) is 15.2 Å². The SMILES string of the molecule is CCC(=O)OCC1CC=C(c2ccc3c(N)ncnn23)O1.CNC(=O)OC(=O)C(C)(C)C. The number of carbonyl (C=O) groups excluding carboxylic acids is 3. The molecule has 174 valence electrons. The molecule has 32 heavy (non-hydrogen) atoms. The molecule has 1 amide bonds. The maximum atomic E-state index is 11.2. The lowest BCUT2D eigenvalue weighted by molar-refractivity contribution is -0.146. The largest absolute Gasteiger partial charge is 0.485 e. The van der Waals surface area contributed by atoms with E-state index in [-0.39, 0.29) is 18.7 Å². The second-order valence-corrected chi connectivity index (χ2v) is 7.92. The van der Waals surface area contributed by atoms with Gasteiger partial charge >= 0.3 is 18.0 Å². The molecule has 2 aromatic heterocycles. The van der Waals surface area contributed by atoms with Crippen LogP contribution in [-0.4, -0.2) is 52.4 Å². The van der Waals surface area contributed by atoms with Crippen molar-refractivity contribution < 1.29 is 28.6 Å². The van der Waals surface area contributed by atoms with Crippen LogP contribution in [0.4, 0.5) is 10.6 Å². The van der Waals surface area contributed by atoms with Crippen molar-refractivity contribution in [1.29, 1.82) is 0 Å². The lowest BCUT2D eigenvalue weighted by Crippen LogP contribution is -2.30. The summed E-state index contributed by atoms with van der Waals surface area (Å²) < 4.78 is 17.0. The van der Waals surface area contributed by atoms with Crippen molar-refractivity contribution in [2.75, 3.05) is 19.4 Å². The molecule has 11 heteroatoms. The second kappa shape index (κ2) is 10.6. The first-order valence-corrected chi connectivity index (χ1v) is 10.1. The van der Waals surface area contributed by atoms with E-state index in [0.29, 0.717) is 24.4 Å². The summed E-state index contributed by atoms with van der Waals surface area (Å²) in [7, 11) is 1.40. The monoisotopic (exact) mass is 447 g/mol. The summed E-state index contributed by atoms with van der Waals surface area (Å²) >= 11 is 0. The summed E-state index contributed by atoms with van der Waals surface area (Å²) in [6.07, 6.45) is 3.56. The lowest BCUT2D eigenvalue weighted by atomic mass is 9.98. The highest BCUT2D eigenvalue weighted by molar-refractivity contribution is 5.87. The van der Waals surface area contributed by atoms with Gasteiger partial charge in [-0.25, -0.2) is 14.3 Å². The Bertz CT molecular complexity index is 1010. The number of hydrogen-bond acceptors (Lipinski definition) is 9. The minimum absolute atomic E-state index is 0.153. The van der Waals surface area contributed by atoms with Crippen LogP contribution in [0.3, 0.4) is 0 Å². The van der Waals surface area contributed by atoms with Gasteiger partial charge in [-0.3, -0.25) is 9.59 Å². The molecule has 1 atom stereocenters. The number of hydrogen-bond donors (Lipinski definition) is 2. The number of amides is 1. The maximum Gasteiger partial charge on any atom is 0.414 e. The number of anilines is 1. The summed E-state index contributed by atoms with van der Waals surface area (Å²) in [4.78, 5) is 36.6. The average molecular weight is 447 g/mol. The Kier molecular flexibility index (Phi) is 8.16. The van der Waals surface area contributed by atoms with Gasteiger partial charge in [-0.1, -0.05) is 6.92 Å². The topological polar surface area (TPSA) is 147 Å². The highest BCUT2D eigenvalue weighted by Crippen LogP contribution is 2.28. The minimum atomic E-state index is -0.718. The molecule has 0 aromatic carbocycles. The van der Waals surface area contributed by atoms with Gasteiger partial charge in [0.15, 0.2) is 5.82 Å². The van der Waals surface area contributed by atoms with E-state index in [2.05, 4.69) is 20.1 Å². The number of ether oxygens (including phenoxy) is 3. The summed E-state index contributed by atoms with van der Waals surface area (Å²) in [5.41, 5.74) is 6.71. The zero-order chi connectivity index (χ0) is 23.9. The third-order valence-electron chi connectivity index (χ3n) is 4.31. The Balaban J connectivity index is 0.000000282. The van der Waals surface area contributed by atoms with Gasteiger partial charge in [-0.05, 0) is 39.0 Å². The van der Waals surface area contributed by atoms with Crippen molar-refractivity contribution in [3.63, 3.8) is 0 Å². The van der Waals surface area contributed by atoms with Crippen LogP contribution in [0.25, 0.3) is 11.3 Å². The molecule has 0 fully saturated rings. The van der Waals surface area contributed by atoms with Crippen molar-refractivity contribution in [3.05, 3.63) is 30.2 Å². The number of fused-ring (bicyclic) bond motifs is 1. The second-order valence-electron chi connectivity index (χ2n) is 7.92. The van der Waals surface area contributed by atoms with Gasteiger partial charge in [0, 0.05) is 19.9 Å². The Morgan fingerprint density at radius 3 is 2.66 bits per heavy atom. The number of alkyl carbamates (subject to hydrolysis) is 1. The molecule has 0 saturated heterocycles. The van der Waals surface area contributed by atoms with Gasteiger partial charge in [0.2, 0.25) is 0 Å². The summed E-state index contributed by atoms with van der Waals surface area (Å²) in [6, 6.07) is 3.73. The smallest absolute Gasteiger partial charge is 0.414 e. The number of nitrogens with zero attached hydrogens (tertiary/aromatic N) is 3. The fourth-order valence-electron chi connectivity index (χ4n) is 2.50. The number of carbonyl (C=O) groups is 3. The zero-order valence-corrected chi connectivity index (χ0v) is 18.9. The van der Waals surface area contributed by atoms with Crippen LogP contribution >= 0.6 is 0 Å². The van der Waals surface area contributed by atoms with Gasteiger partial charge < -0.3 is 25.3 Å². The third kappa shape index (κ3) is 6.43. The third-order valence-corrected chi connectivity index (χ3v) is 4.31. The zero-order valence-electron chi connectivity index (χ0n) is 18.9. The average Bonchev–Trinajstić information content (AvgIpc) is 3.39. The van der Waals surface area contributed by atoms with Crippen molar-refractivity contribution >= 4 is 35.1 Å². The van der Waals surface area contributed by atoms with Crippen LogP contribution in [0.1, 0.15) is 46.2 Å². The molecule has 1 aliphatic heterocycles. The maximum absolute atomic E-state index is 11.2. The molecule has 3 rings (SSSR count). The molecular weight excluding hydrogens is 418 g/mol. The number of aromatic nitrogens is 3. The van der Waals surface area contributed by atoms with Crippen LogP contribution in [0, 0.1) is 5.41 Å². The molecule has 2 aromatic rings. The van der Waals surface area contributed by atoms with Crippen molar-refractivity contribution in [2.45, 2.75) is 46.6 Å². The fourth-order valence-corrected chi connectivity index (χ4v) is 2.50. The first-order chi connectivity index (χ1) is 15.1. The van der Waals surface area contributed by atoms with E-state index in [9.17, 15) is 14.4 Å². The molecule has 11 nitrogen and oxygen atoms in total. The molecule has 0 aliphatic carbocycles. The Labute approximate surface area is 185 Å². The van der Waals surface area contributed by atoms with Crippen LogP contribution < -0.4 is 11.1 Å². The van der Waals surface area contributed by atoms with Gasteiger partial charge in [0.25, 0.3) is 0 Å². The van der Waals surface area contributed by atoms with Crippen LogP contribution in [0.15, 0.2) is 24.5 Å². The molecule has 0 bridgehead atoms. The number of nitrogens with two attached hydrogens (primary N) is 1.